The third-order valence-corrected chi connectivity index (χ3v) is 6.25. The van der Waals surface area contributed by atoms with E-state index in [1.54, 1.807) is 20.3 Å². The number of hydrogen-bond acceptors (Lipinski definition) is 7. The smallest absolute Gasteiger partial charge is 0.273 e. The highest BCUT2D eigenvalue weighted by Gasteiger charge is 2.14. The van der Waals surface area contributed by atoms with E-state index in [1.807, 2.05) is 54.6 Å². The highest BCUT2D eigenvalue weighted by Crippen LogP contribution is 2.30. The first-order valence-corrected chi connectivity index (χ1v) is 12.4. The lowest BCUT2D eigenvalue weighted by Gasteiger charge is -2.26. The Morgan fingerprint density at radius 1 is 1.11 bits per heavy atom. The number of benzene rings is 2. The lowest BCUT2D eigenvalue weighted by Crippen LogP contribution is -2.35. The maximum absolute atomic E-state index is 12.8. The number of allylic oxidation sites excluding steroid dienone is 4. The number of carbonyl (C=O) groups is 1. The molecule has 2 aromatic rings. The summed E-state index contributed by atoms with van der Waals surface area (Å²) in [4.78, 5) is 15.1. The Kier molecular flexibility index (Phi) is 9.13. The molecule has 0 radical (unpaired) electrons. The number of hydrogen-bond donors (Lipinski definition) is 3. The number of rotatable bonds is 8. The Bertz CT molecular complexity index is 1190. The number of amides is 1. The first kappa shape index (κ1) is 26.2. The molecule has 1 saturated heterocycles. The highest BCUT2D eigenvalue weighted by molar-refractivity contribution is 6.46. The van der Waals surface area contributed by atoms with Crippen LogP contribution in [0, 0.1) is 5.41 Å². The average Bonchev–Trinajstić information content (AvgIpc) is 2.91. The fourth-order valence-electron chi connectivity index (χ4n) is 4.21. The molecule has 2 heterocycles. The Morgan fingerprint density at radius 3 is 2.59 bits per heavy atom. The van der Waals surface area contributed by atoms with Gasteiger partial charge in [0.15, 0.2) is 11.5 Å². The summed E-state index contributed by atoms with van der Waals surface area (Å²) in [5, 5.41) is 14.6. The minimum absolute atomic E-state index is 0.115. The summed E-state index contributed by atoms with van der Waals surface area (Å²) in [6, 6.07) is 13.5. The summed E-state index contributed by atoms with van der Waals surface area (Å²) in [5.41, 5.74) is 4.26. The zero-order valence-corrected chi connectivity index (χ0v) is 21.4. The quantitative estimate of drug-likeness (QED) is 0.465. The third kappa shape index (κ3) is 7.31. The first-order valence-electron chi connectivity index (χ1n) is 12.4. The third-order valence-electron chi connectivity index (χ3n) is 6.25. The minimum Gasteiger partial charge on any atom is -0.493 e. The topological polar surface area (TPSA) is 95.9 Å². The molecule has 3 N–H and O–H groups in total. The van der Waals surface area contributed by atoms with Crippen LogP contribution in [0.25, 0.3) is 5.70 Å². The second-order valence-corrected chi connectivity index (χ2v) is 8.86. The van der Waals surface area contributed by atoms with E-state index in [1.165, 1.54) is 5.56 Å². The van der Waals surface area contributed by atoms with Crippen molar-refractivity contribution in [3.63, 3.8) is 0 Å². The van der Waals surface area contributed by atoms with Gasteiger partial charge in [0.2, 0.25) is 0 Å². The Balaban J connectivity index is 1.40. The van der Waals surface area contributed by atoms with Crippen LogP contribution in [-0.4, -0.2) is 57.0 Å². The van der Waals surface area contributed by atoms with Gasteiger partial charge in [-0.15, -0.1) is 0 Å². The van der Waals surface area contributed by atoms with Gasteiger partial charge in [-0.2, -0.15) is 0 Å². The second kappa shape index (κ2) is 12.9. The van der Waals surface area contributed by atoms with Gasteiger partial charge in [-0.3, -0.25) is 15.1 Å². The fourth-order valence-corrected chi connectivity index (χ4v) is 4.21. The van der Waals surface area contributed by atoms with E-state index in [0.717, 1.165) is 56.2 Å². The molecular formula is C29H34N4O4. The van der Waals surface area contributed by atoms with E-state index in [2.05, 4.69) is 21.6 Å². The zero-order chi connectivity index (χ0) is 26.0. The van der Waals surface area contributed by atoms with Crippen LogP contribution in [0.1, 0.15) is 24.0 Å². The second-order valence-electron chi connectivity index (χ2n) is 8.86. The molecule has 194 valence electrons. The van der Waals surface area contributed by atoms with Gasteiger partial charge < -0.3 is 24.8 Å². The van der Waals surface area contributed by atoms with Gasteiger partial charge in [0.1, 0.15) is 5.71 Å². The molecule has 0 bridgehead atoms. The molecule has 8 heteroatoms. The average molecular weight is 503 g/mol. The van der Waals surface area contributed by atoms with Gasteiger partial charge in [0.05, 0.1) is 27.4 Å². The van der Waals surface area contributed by atoms with Crippen LogP contribution < -0.4 is 20.1 Å². The summed E-state index contributed by atoms with van der Waals surface area (Å²) in [6.07, 6.45) is 9.10. The predicted molar refractivity (Wildman–Crippen MR) is 146 cm³/mol. The fraction of sp³-hybridized carbons (Fsp3) is 0.310. The standard InChI is InChI=1S/C29H34N4O4/c1-35-27-13-10-22(18-28(27)36-2)26-7-5-3-4-6-24(31-26)19-25(30)29(34)32-23-11-8-21(9-12-23)20-33-14-16-37-17-15-33/h3,5,7-13,18-19,30-31H,4,6,14-17,20H2,1-2H3,(H,32,34)/b5-3-,24-19-,26-7-,30-25?. The van der Waals surface area contributed by atoms with E-state index in [0.29, 0.717) is 23.6 Å². The van der Waals surface area contributed by atoms with E-state index >= 15 is 0 Å². The zero-order valence-electron chi connectivity index (χ0n) is 21.4. The van der Waals surface area contributed by atoms with Gasteiger partial charge in [-0.25, -0.2) is 0 Å². The Morgan fingerprint density at radius 2 is 1.86 bits per heavy atom. The number of ether oxygens (including phenoxy) is 3. The molecule has 8 nitrogen and oxygen atoms in total. The van der Waals surface area contributed by atoms with Crippen molar-refractivity contribution in [3.8, 4) is 11.5 Å². The lowest BCUT2D eigenvalue weighted by atomic mass is 10.1. The van der Waals surface area contributed by atoms with Crippen molar-refractivity contribution < 1.29 is 19.0 Å². The number of anilines is 1. The maximum atomic E-state index is 12.8. The number of methoxy groups -OCH3 is 2. The summed E-state index contributed by atoms with van der Waals surface area (Å²) >= 11 is 0. The highest BCUT2D eigenvalue weighted by atomic mass is 16.5. The monoisotopic (exact) mass is 502 g/mol. The van der Waals surface area contributed by atoms with Crippen LogP contribution in [-0.2, 0) is 16.1 Å². The summed E-state index contributed by atoms with van der Waals surface area (Å²) in [5.74, 6) is 0.823. The summed E-state index contributed by atoms with van der Waals surface area (Å²) < 4.78 is 16.2. The van der Waals surface area contributed by atoms with Crippen molar-refractivity contribution >= 4 is 23.0 Å². The Hall–Kier alpha value is -3.88. The first-order chi connectivity index (χ1) is 18.1. The van der Waals surface area contributed by atoms with Crippen molar-refractivity contribution in [2.75, 3.05) is 45.8 Å². The predicted octanol–water partition coefficient (Wildman–Crippen LogP) is 4.36. The SMILES string of the molecule is COc1ccc(/C2=C/C=C\CC/C(=C/C(=N)C(=O)Nc3ccc(CN4CCOCC4)cc3)N2)cc1OC. The van der Waals surface area contributed by atoms with Crippen molar-refractivity contribution in [2.45, 2.75) is 19.4 Å². The lowest BCUT2D eigenvalue weighted by molar-refractivity contribution is -0.110. The molecule has 0 spiro atoms. The van der Waals surface area contributed by atoms with Crippen LogP contribution in [0.5, 0.6) is 11.5 Å². The molecule has 0 aromatic heterocycles. The molecule has 1 fully saturated rings. The normalized spacial score (nSPS) is 19.5. The number of morpholine rings is 1. The molecule has 2 aliphatic rings. The molecule has 0 unspecified atom stereocenters. The van der Waals surface area contributed by atoms with Gasteiger partial charge in [-0.1, -0.05) is 24.3 Å². The van der Waals surface area contributed by atoms with Crippen LogP contribution in [0.15, 0.2) is 72.5 Å². The van der Waals surface area contributed by atoms with E-state index in [9.17, 15) is 4.79 Å². The van der Waals surface area contributed by atoms with Gasteiger partial charge in [0, 0.05) is 42.3 Å². The number of nitrogens with zero attached hydrogens (tertiary/aromatic N) is 1. The Labute approximate surface area is 218 Å². The molecule has 0 atom stereocenters. The van der Waals surface area contributed by atoms with Crippen LogP contribution in [0.3, 0.4) is 0 Å². The molecule has 4 rings (SSSR count). The van der Waals surface area contributed by atoms with Crippen LogP contribution in [0.2, 0.25) is 0 Å². The largest absolute Gasteiger partial charge is 0.493 e. The molecule has 1 amide bonds. The van der Waals surface area contributed by atoms with E-state index in [-0.39, 0.29) is 5.71 Å². The summed E-state index contributed by atoms with van der Waals surface area (Å²) in [7, 11) is 3.20. The molecular weight excluding hydrogens is 468 g/mol. The van der Waals surface area contributed by atoms with Crippen molar-refractivity contribution in [1.29, 1.82) is 5.41 Å². The van der Waals surface area contributed by atoms with Crippen molar-refractivity contribution in [2.24, 2.45) is 0 Å². The molecule has 2 aromatic carbocycles. The van der Waals surface area contributed by atoms with Gasteiger partial charge >= 0.3 is 0 Å². The van der Waals surface area contributed by atoms with Crippen LogP contribution in [0.4, 0.5) is 5.69 Å². The van der Waals surface area contributed by atoms with E-state index in [4.69, 9.17) is 19.6 Å². The van der Waals surface area contributed by atoms with Crippen molar-refractivity contribution in [3.05, 3.63) is 83.6 Å². The summed E-state index contributed by atoms with van der Waals surface area (Å²) in [6.45, 7) is 4.24. The number of nitrogens with one attached hydrogen (secondary N) is 3. The van der Waals surface area contributed by atoms with E-state index < -0.39 is 5.91 Å². The molecule has 37 heavy (non-hydrogen) atoms. The molecule has 2 aliphatic heterocycles. The number of carbonyl (C=O) groups excluding carboxylic acids is 1. The van der Waals surface area contributed by atoms with Crippen molar-refractivity contribution in [1.82, 2.24) is 10.2 Å². The van der Waals surface area contributed by atoms with Gasteiger partial charge in [-0.05, 0) is 60.9 Å². The molecule has 0 aliphatic carbocycles. The van der Waals surface area contributed by atoms with Crippen LogP contribution >= 0.6 is 0 Å². The van der Waals surface area contributed by atoms with Gasteiger partial charge in [0.25, 0.3) is 5.91 Å². The minimum atomic E-state index is -0.454. The maximum Gasteiger partial charge on any atom is 0.273 e. The molecule has 0 saturated carbocycles.